The highest BCUT2D eigenvalue weighted by Crippen LogP contribution is 2.09. The summed E-state index contributed by atoms with van der Waals surface area (Å²) in [6.45, 7) is 3.69. The first-order valence-corrected chi connectivity index (χ1v) is 8.00. The Hall–Kier alpha value is -0.0700. The van der Waals surface area contributed by atoms with E-state index in [9.17, 15) is 5.11 Å². The number of thiophene rings is 1. The van der Waals surface area contributed by atoms with Crippen molar-refractivity contribution >= 4 is 23.1 Å². The lowest BCUT2D eigenvalue weighted by Crippen LogP contribution is -2.37. The van der Waals surface area contributed by atoms with Crippen molar-refractivity contribution in [2.24, 2.45) is 0 Å². The van der Waals surface area contributed by atoms with Crippen molar-refractivity contribution in [3.8, 4) is 0 Å². The normalized spacial score (nSPS) is 14.8. The Kier molecular flexibility index (Phi) is 7.88. The van der Waals surface area contributed by atoms with Crippen LogP contribution in [0.4, 0.5) is 0 Å². The highest BCUT2D eigenvalue weighted by Gasteiger charge is 2.07. The van der Waals surface area contributed by atoms with E-state index in [0.717, 1.165) is 5.75 Å². The predicted molar refractivity (Wildman–Crippen MR) is 75.8 cm³/mol. The van der Waals surface area contributed by atoms with Crippen molar-refractivity contribution in [1.82, 2.24) is 5.32 Å². The number of hydrogen-bond donors (Lipinski definition) is 2. The van der Waals surface area contributed by atoms with Crippen LogP contribution in [0.3, 0.4) is 0 Å². The molecule has 2 atom stereocenters. The maximum atomic E-state index is 9.70. The van der Waals surface area contributed by atoms with Crippen LogP contribution >= 0.6 is 23.1 Å². The molecule has 2 unspecified atom stereocenters. The third-order valence-corrected chi connectivity index (χ3v) is 3.94. The lowest BCUT2D eigenvalue weighted by Gasteiger charge is -2.16. The van der Waals surface area contributed by atoms with Gasteiger partial charge in [-0.3, -0.25) is 0 Å². The van der Waals surface area contributed by atoms with Crippen molar-refractivity contribution in [1.29, 1.82) is 0 Å². The number of aliphatic hydroxyl groups excluding tert-OH is 1. The number of aliphatic hydroxyl groups is 1. The fourth-order valence-corrected chi connectivity index (χ4v) is 2.65. The number of hydrogen-bond acceptors (Lipinski definition) is 5. The van der Waals surface area contributed by atoms with E-state index in [1.54, 1.807) is 23.1 Å². The Morgan fingerprint density at radius 2 is 2.41 bits per heavy atom. The van der Waals surface area contributed by atoms with Crippen molar-refractivity contribution in [3.63, 3.8) is 0 Å². The minimum atomic E-state index is -0.431. The Balaban J connectivity index is 2.03. The summed E-state index contributed by atoms with van der Waals surface area (Å²) in [5, 5.41) is 15.0. The monoisotopic (exact) mass is 275 g/mol. The highest BCUT2D eigenvalue weighted by atomic mass is 32.2. The molecule has 0 saturated carbocycles. The van der Waals surface area contributed by atoms with Gasteiger partial charge in [-0.1, -0.05) is 6.07 Å². The summed E-state index contributed by atoms with van der Waals surface area (Å²) in [6, 6.07) is 4.47. The summed E-state index contributed by atoms with van der Waals surface area (Å²) >= 11 is 3.48. The minimum absolute atomic E-state index is 0.386. The second-order valence-corrected chi connectivity index (χ2v) is 5.96. The van der Waals surface area contributed by atoms with Gasteiger partial charge in [0.2, 0.25) is 0 Å². The summed E-state index contributed by atoms with van der Waals surface area (Å²) in [7, 11) is 0. The molecule has 98 valence electrons. The molecule has 1 rings (SSSR count). The zero-order valence-corrected chi connectivity index (χ0v) is 12.0. The van der Waals surface area contributed by atoms with Gasteiger partial charge >= 0.3 is 0 Å². The molecule has 1 heterocycles. The Bertz CT molecular complexity index is 280. The van der Waals surface area contributed by atoms with Gasteiger partial charge in [0.15, 0.2) is 0 Å². The second-order valence-electron chi connectivity index (χ2n) is 4.01. The Morgan fingerprint density at radius 1 is 1.59 bits per heavy atom. The van der Waals surface area contributed by atoms with Gasteiger partial charge < -0.3 is 15.2 Å². The third-order valence-electron chi connectivity index (χ3n) is 2.25. The van der Waals surface area contributed by atoms with Crippen LogP contribution in [0.1, 0.15) is 11.8 Å². The third kappa shape index (κ3) is 7.06. The van der Waals surface area contributed by atoms with Crippen molar-refractivity contribution in [2.45, 2.75) is 25.7 Å². The molecule has 1 aromatic heterocycles. The molecule has 0 bridgehead atoms. The molecular formula is C12H21NO2S2. The van der Waals surface area contributed by atoms with E-state index in [1.165, 1.54) is 4.88 Å². The van der Waals surface area contributed by atoms with Crippen LogP contribution in [0.2, 0.25) is 0 Å². The topological polar surface area (TPSA) is 41.5 Å². The van der Waals surface area contributed by atoms with Crippen molar-refractivity contribution in [2.75, 3.05) is 25.2 Å². The molecule has 0 aliphatic carbocycles. The summed E-state index contributed by atoms with van der Waals surface area (Å²) in [5.74, 6) is 1.06. The van der Waals surface area contributed by atoms with E-state index in [0.29, 0.717) is 25.8 Å². The summed E-state index contributed by atoms with van der Waals surface area (Å²) in [4.78, 5) is 1.20. The molecular weight excluding hydrogens is 254 g/mol. The standard InChI is InChI=1S/C12H21NO2S2/c1-10(9-16-2)13-6-11(14)7-15-8-12-4-3-5-17-12/h3-5,10-11,13-14H,6-9H2,1-2H3. The number of thioether (sulfide) groups is 1. The fraction of sp³-hybridized carbons (Fsp3) is 0.667. The van der Waals surface area contributed by atoms with Gasteiger partial charge in [0, 0.05) is 23.2 Å². The zero-order valence-electron chi connectivity index (χ0n) is 10.4. The molecule has 0 fully saturated rings. The van der Waals surface area contributed by atoms with Crippen molar-refractivity contribution in [3.05, 3.63) is 22.4 Å². The molecule has 0 amide bonds. The van der Waals surface area contributed by atoms with Gasteiger partial charge in [-0.15, -0.1) is 11.3 Å². The average Bonchev–Trinajstić information content (AvgIpc) is 2.80. The van der Waals surface area contributed by atoms with Crippen LogP contribution in [0.15, 0.2) is 17.5 Å². The zero-order chi connectivity index (χ0) is 12.5. The SMILES string of the molecule is CSCC(C)NCC(O)COCc1cccs1. The molecule has 3 nitrogen and oxygen atoms in total. The predicted octanol–water partition coefficient (Wildman–Crippen LogP) is 1.97. The quantitative estimate of drug-likeness (QED) is 0.723. The van der Waals surface area contributed by atoms with E-state index >= 15 is 0 Å². The maximum absolute atomic E-state index is 9.70. The van der Waals surface area contributed by atoms with E-state index < -0.39 is 6.10 Å². The summed E-state index contributed by atoms with van der Waals surface area (Å²) in [6.07, 6.45) is 1.65. The molecule has 17 heavy (non-hydrogen) atoms. The molecule has 0 aliphatic rings. The van der Waals surface area contributed by atoms with Crippen LogP contribution in [0.25, 0.3) is 0 Å². The van der Waals surface area contributed by atoms with E-state index in [1.807, 2.05) is 17.5 Å². The van der Waals surface area contributed by atoms with Crippen LogP contribution < -0.4 is 5.32 Å². The van der Waals surface area contributed by atoms with Crippen LogP contribution in [0.5, 0.6) is 0 Å². The van der Waals surface area contributed by atoms with Gasteiger partial charge in [-0.25, -0.2) is 0 Å². The van der Waals surface area contributed by atoms with E-state index in [4.69, 9.17) is 4.74 Å². The number of nitrogens with one attached hydrogen (secondary N) is 1. The Morgan fingerprint density at radius 3 is 3.06 bits per heavy atom. The van der Waals surface area contributed by atoms with E-state index in [2.05, 4.69) is 18.5 Å². The van der Waals surface area contributed by atoms with Crippen LogP contribution in [0, 0.1) is 0 Å². The number of rotatable bonds is 9. The maximum Gasteiger partial charge on any atom is 0.0897 e. The van der Waals surface area contributed by atoms with Crippen molar-refractivity contribution < 1.29 is 9.84 Å². The molecule has 5 heteroatoms. The molecule has 0 aromatic carbocycles. The molecule has 0 aliphatic heterocycles. The first-order chi connectivity index (χ1) is 8.22. The first-order valence-electron chi connectivity index (χ1n) is 5.73. The average molecular weight is 275 g/mol. The lowest BCUT2D eigenvalue weighted by atomic mass is 10.3. The first kappa shape index (κ1) is 15.0. The van der Waals surface area contributed by atoms with Gasteiger partial charge in [-0.2, -0.15) is 11.8 Å². The van der Waals surface area contributed by atoms with E-state index in [-0.39, 0.29) is 0 Å². The molecule has 0 saturated heterocycles. The smallest absolute Gasteiger partial charge is 0.0897 e. The van der Waals surface area contributed by atoms with Crippen LogP contribution in [-0.4, -0.2) is 42.4 Å². The minimum Gasteiger partial charge on any atom is -0.389 e. The molecule has 0 radical (unpaired) electrons. The summed E-state index contributed by atoms with van der Waals surface area (Å²) < 4.78 is 5.45. The lowest BCUT2D eigenvalue weighted by molar-refractivity contribution is 0.0291. The van der Waals surface area contributed by atoms with Gasteiger partial charge in [-0.05, 0) is 24.6 Å². The molecule has 2 N–H and O–H groups in total. The van der Waals surface area contributed by atoms with Gasteiger partial charge in [0.25, 0.3) is 0 Å². The number of ether oxygens (including phenoxy) is 1. The molecule has 0 spiro atoms. The largest absolute Gasteiger partial charge is 0.389 e. The second kappa shape index (κ2) is 8.94. The highest BCUT2D eigenvalue weighted by molar-refractivity contribution is 7.98. The Labute approximate surface area is 112 Å². The molecule has 1 aromatic rings. The van der Waals surface area contributed by atoms with Crippen LogP contribution in [-0.2, 0) is 11.3 Å². The fourth-order valence-electron chi connectivity index (χ4n) is 1.40. The van der Waals surface area contributed by atoms with Gasteiger partial charge in [0.05, 0.1) is 19.3 Å². The summed E-state index contributed by atoms with van der Waals surface area (Å²) in [5.41, 5.74) is 0. The van der Waals surface area contributed by atoms with Gasteiger partial charge in [0.1, 0.15) is 0 Å².